The molecule has 10 heteroatoms. The van der Waals surface area contributed by atoms with Crippen LogP contribution in [0.15, 0.2) is 30.3 Å². The number of piperazine rings is 1. The van der Waals surface area contributed by atoms with Crippen LogP contribution in [0.5, 0.6) is 0 Å². The van der Waals surface area contributed by atoms with E-state index in [-0.39, 0.29) is 5.82 Å². The smallest absolute Gasteiger partial charge is 0.296 e. The number of benzene rings is 1. The predicted molar refractivity (Wildman–Crippen MR) is 110 cm³/mol. The maximum absolute atomic E-state index is 13.9. The first-order chi connectivity index (χ1) is 14.7. The van der Waals surface area contributed by atoms with Gasteiger partial charge in [0.05, 0.1) is 24.2 Å². The summed E-state index contributed by atoms with van der Waals surface area (Å²) in [6.45, 7) is 5.80. The average Bonchev–Trinajstić information content (AvgIpc) is 3.20. The van der Waals surface area contributed by atoms with Gasteiger partial charge in [0.25, 0.3) is 6.43 Å². The highest BCUT2D eigenvalue weighted by Crippen LogP contribution is 2.29. The Kier molecular flexibility index (Phi) is 5.17. The second-order valence-electron chi connectivity index (χ2n) is 7.32. The summed E-state index contributed by atoms with van der Waals surface area (Å²) in [5.41, 5.74) is 1.12. The van der Waals surface area contributed by atoms with Crippen LogP contribution >= 0.6 is 0 Å². The lowest BCUT2D eigenvalue weighted by atomic mass is 10.3. The number of halogens is 2. The number of nitrogens with zero attached hydrogens (tertiary/aromatic N) is 6. The standard InChI is InChI=1S/C20H23F2N7O/c21-18(22)19-24-14-3-1-2-4-15(14)29(19)17-13-16(27-9-11-30-12-10-27)25-20(26-17)28-7-5-23-6-8-28/h1-4,13,18,23H,5-12H2. The van der Waals surface area contributed by atoms with Gasteiger partial charge in [-0.2, -0.15) is 9.97 Å². The average molecular weight is 415 g/mol. The molecule has 2 aliphatic rings. The third-order valence-corrected chi connectivity index (χ3v) is 5.43. The van der Waals surface area contributed by atoms with Crippen molar-refractivity contribution in [3.63, 3.8) is 0 Å². The van der Waals surface area contributed by atoms with E-state index in [9.17, 15) is 8.78 Å². The van der Waals surface area contributed by atoms with Crippen LogP contribution in [0.1, 0.15) is 12.2 Å². The number of imidazole rings is 1. The van der Waals surface area contributed by atoms with Gasteiger partial charge < -0.3 is 19.9 Å². The van der Waals surface area contributed by atoms with E-state index in [1.54, 1.807) is 24.3 Å². The van der Waals surface area contributed by atoms with Crippen LogP contribution in [0.2, 0.25) is 0 Å². The van der Waals surface area contributed by atoms with Crippen molar-refractivity contribution in [1.29, 1.82) is 0 Å². The monoisotopic (exact) mass is 415 g/mol. The molecule has 0 aliphatic carbocycles. The van der Waals surface area contributed by atoms with E-state index in [0.29, 0.717) is 49.1 Å². The van der Waals surface area contributed by atoms with Gasteiger partial charge in [0.15, 0.2) is 5.82 Å². The van der Waals surface area contributed by atoms with E-state index in [2.05, 4.69) is 20.1 Å². The first-order valence-electron chi connectivity index (χ1n) is 10.1. The molecular weight excluding hydrogens is 392 g/mol. The number of ether oxygens (including phenoxy) is 1. The number of morpholine rings is 1. The Morgan fingerprint density at radius 1 is 0.900 bits per heavy atom. The van der Waals surface area contributed by atoms with Gasteiger partial charge >= 0.3 is 0 Å². The molecule has 0 amide bonds. The summed E-state index contributed by atoms with van der Waals surface area (Å²) in [6.07, 6.45) is -2.72. The summed E-state index contributed by atoms with van der Waals surface area (Å²) in [7, 11) is 0. The number of hydrogen-bond acceptors (Lipinski definition) is 7. The van der Waals surface area contributed by atoms with Crippen LogP contribution < -0.4 is 15.1 Å². The molecule has 2 fully saturated rings. The van der Waals surface area contributed by atoms with Gasteiger partial charge in [0, 0.05) is 45.3 Å². The van der Waals surface area contributed by atoms with E-state index in [0.717, 1.165) is 32.0 Å². The number of rotatable bonds is 4. The third-order valence-electron chi connectivity index (χ3n) is 5.43. The molecule has 0 saturated carbocycles. The maximum Gasteiger partial charge on any atom is 0.296 e. The van der Waals surface area contributed by atoms with Gasteiger partial charge in [-0.1, -0.05) is 12.1 Å². The Morgan fingerprint density at radius 3 is 2.40 bits per heavy atom. The quantitative estimate of drug-likeness (QED) is 0.699. The minimum Gasteiger partial charge on any atom is -0.378 e. The molecule has 4 heterocycles. The van der Waals surface area contributed by atoms with E-state index in [4.69, 9.17) is 14.7 Å². The van der Waals surface area contributed by atoms with Crippen LogP contribution in [-0.2, 0) is 4.74 Å². The van der Waals surface area contributed by atoms with Crippen molar-refractivity contribution in [2.45, 2.75) is 6.43 Å². The molecule has 3 aromatic rings. The molecule has 2 aliphatic heterocycles. The van der Waals surface area contributed by atoms with E-state index in [1.807, 2.05) is 6.07 Å². The van der Waals surface area contributed by atoms with Crippen molar-refractivity contribution >= 4 is 22.8 Å². The minimum atomic E-state index is -2.72. The van der Waals surface area contributed by atoms with Gasteiger partial charge in [0.1, 0.15) is 11.6 Å². The van der Waals surface area contributed by atoms with Gasteiger partial charge in [-0.15, -0.1) is 0 Å². The van der Waals surface area contributed by atoms with Crippen LogP contribution in [0.3, 0.4) is 0 Å². The highest BCUT2D eigenvalue weighted by Gasteiger charge is 2.24. The summed E-state index contributed by atoms with van der Waals surface area (Å²) in [5, 5.41) is 3.31. The fourth-order valence-electron chi connectivity index (χ4n) is 3.92. The van der Waals surface area contributed by atoms with Crippen LogP contribution in [0, 0.1) is 0 Å². The molecule has 2 saturated heterocycles. The van der Waals surface area contributed by atoms with Crippen molar-refractivity contribution in [1.82, 2.24) is 24.8 Å². The number of para-hydroxylation sites is 2. The fourth-order valence-corrected chi connectivity index (χ4v) is 3.92. The lowest BCUT2D eigenvalue weighted by Crippen LogP contribution is -2.44. The first kappa shape index (κ1) is 19.1. The number of nitrogens with one attached hydrogen (secondary N) is 1. The topological polar surface area (TPSA) is 71.3 Å². The molecular formula is C20H23F2N7O. The maximum atomic E-state index is 13.9. The number of hydrogen-bond donors (Lipinski definition) is 1. The molecule has 0 unspecified atom stereocenters. The molecule has 0 spiro atoms. The highest BCUT2D eigenvalue weighted by molar-refractivity contribution is 5.78. The molecule has 8 nitrogen and oxygen atoms in total. The molecule has 2 aromatic heterocycles. The molecule has 158 valence electrons. The van der Waals surface area contributed by atoms with Gasteiger partial charge in [-0.25, -0.2) is 13.8 Å². The zero-order valence-electron chi connectivity index (χ0n) is 16.5. The SMILES string of the molecule is FC(F)c1nc2ccccc2n1-c1cc(N2CCOCC2)nc(N2CCNCC2)n1. The van der Waals surface area contributed by atoms with Crippen molar-refractivity contribution in [2.24, 2.45) is 0 Å². The molecule has 1 aromatic carbocycles. The Morgan fingerprint density at radius 2 is 1.63 bits per heavy atom. The van der Waals surface area contributed by atoms with E-state index in [1.165, 1.54) is 4.57 Å². The largest absolute Gasteiger partial charge is 0.378 e. The normalized spacial score (nSPS) is 17.8. The summed E-state index contributed by atoms with van der Waals surface area (Å²) in [4.78, 5) is 17.9. The fraction of sp³-hybridized carbons (Fsp3) is 0.450. The second kappa shape index (κ2) is 8.11. The molecule has 0 atom stereocenters. The molecule has 30 heavy (non-hydrogen) atoms. The number of aromatic nitrogens is 4. The van der Waals surface area contributed by atoms with Crippen LogP contribution in [0.4, 0.5) is 20.5 Å². The zero-order valence-corrected chi connectivity index (χ0v) is 16.5. The van der Waals surface area contributed by atoms with Gasteiger partial charge in [0.2, 0.25) is 5.95 Å². The van der Waals surface area contributed by atoms with Crippen LogP contribution in [0.25, 0.3) is 16.9 Å². The molecule has 0 bridgehead atoms. The summed E-state index contributed by atoms with van der Waals surface area (Å²) >= 11 is 0. The van der Waals surface area contributed by atoms with E-state index >= 15 is 0 Å². The Labute approximate surface area is 172 Å². The minimum absolute atomic E-state index is 0.311. The molecule has 0 radical (unpaired) electrons. The Balaban J connectivity index is 1.67. The molecule has 5 rings (SSSR count). The van der Waals surface area contributed by atoms with Crippen molar-refractivity contribution in [3.05, 3.63) is 36.2 Å². The molecule has 1 N–H and O–H groups in total. The highest BCUT2D eigenvalue weighted by atomic mass is 19.3. The Hall–Kier alpha value is -2.85. The van der Waals surface area contributed by atoms with E-state index < -0.39 is 6.43 Å². The Bertz CT molecular complexity index is 993. The zero-order chi connectivity index (χ0) is 20.5. The lowest BCUT2D eigenvalue weighted by Gasteiger charge is -2.31. The summed E-state index contributed by atoms with van der Waals surface area (Å²) in [6, 6.07) is 8.91. The third kappa shape index (κ3) is 3.56. The summed E-state index contributed by atoms with van der Waals surface area (Å²) < 4.78 is 34.7. The van der Waals surface area contributed by atoms with Crippen molar-refractivity contribution in [2.75, 3.05) is 62.3 Å². The first-order valence-corrected chi connectivity index (χ1v) is 10.1. The predicted octanol–water partition coefficient (Wildman–Crippen LogP) is 2.00. The van der Waals surface area contributed by atoms with Gasteiger partial charge in [-0.3, -0.25) is 4.57 Å². The van der Waals surface area contributed by atoms with Crippen LogP contribution in [-0.4, -0.2) is 72.0 Å². The number of alkyl halides is 2. The number of fused-ring (bicyclic) bond motifs is 1. The summed E-state index contributed by atoms with van der Waals surface area (Å²) in [5.74, 6) is 1.36. The van der Waals surface area contributed by atoms with Gasteiger partial charge in [-0.05, 0) is 12.1 Å². The second-order valence-corrected chi connectivity index (χ2v) is 7.32. The van der Waals surface area contributed by atoms with Crippen molar-refractivity contribution in [3.8, 4) is 5.82 Å². The number of anilines is 2. The lowest BCUT2D eigenvalue weighted by molar-refractivity contribution is 0.122. The van der Waals surface area contributed by atoms with Crippen molar-refractivity contribution < 1.29 is 13.5 Å².